The van der Waals surface area contributed by atoms with Gasteiger partial charge in [0.2, 0.25) is 11.9 Å². The first kappa shape index (κ1) is 12.4. The molecular weight excluding hydrogens is 305 g/mol. The fourth-order valence-corrected chi connectivity index (χ4v) is 2.41. The number of fused-ring (bicyclic) bond motifs is 2. The maximum atomic E-state index is 11.5. The first-order valence-corrected chi connectivity index (χ1v) is 5.89. The van der Waals surface area contributed by atoms with Crippen molar-refractivity contribution in [2.75, 3.05) is 0 Å². The summed E-state index contributed by atoms with van der Waals surface area (Å²) in [5.74, 6) is 0.693. The summed E-state index contributed by atoms with van der Waals surface area (Å²) in [6.45, 7) is 2.62. The summed E-state index contributed by atoms with van der Waals surface area (Å²) in [6, 6.07) is 5.83. The van der Waals surface area contributed by atoms with Crippen molar-refractivity contribution >= 4 is 45.9 Å². The van der Waals surface area contributed by atoms with Crippen LogP contribution in [0.15, 0.2) is 27.7 Å². The SMILES string of the molecule is C[C@H]1C(=O)NC2=Nc3ccc(Br)cc3CN21.Cl. The summed E-state index contributed by atoms with van der Waals surface area (Å²) in [4.78, 5) is 17.9. The highest BCUT2D eigenvalue weighted by atomic mass is 79.9. The molecule has 2 aliphatic heterocycles. The first-order valence-electron chi connectivity index (χ1n) is 5.10. The monoisotopic (exact) mass is 315 g/mol. The van der Waals surface area contributed by atoms with Gasteiger partial charge in [0.25, 0.3) is 0 Å². The molecule has 0 spiro atoms. The fraction of sp³-hybridized carbons (Fsp3) is 0.273. The van der Waals surface area contributed by atoms with E-state index in [-0.39, 0.29) is 24.4 Å². The van der Waals surface area contributed by atoms with Crippen molar-refractivity contribution in [3.05, 3.63) is 28.2 Å². The van der Waals surface area contributed by atoms with Crippen LogP contribution in [0, 0.1) is 0 Å². The third kappa shape index (κ3) is 1.93. The lowest BCUT2D eigenvalue weighted by atomic mass is 10.1. The van der Waals surface area contributed by atoms with Crippen LogP contribution in [0.1, 0.15) is 12.5 Å². The van der Waals surface area contributed by atoms with E-state index in [9.17, 15) is 4.79 Å². The molecule has 2 aliphatic rings. The molecule has 0 bridgehead atoms. The molecular formula is C11H11BrClN3O. The van der Waals surface area contributed by atoms with Crippen molar-refractivity contribution in [3.63, 3.8) is 0 Å². The van der Waals surface area contributed by atoms with E-state index in [0.717, 1.165) is 22.3 Å². The van der Waals surface area contributed by atoms with Gasteiger partial charge in [-0.3, -0.25) is 10.1 Å². The van der Waals surface area contributed by atoms with Crippen LogP contribution in [0.3, 0.4) is 0 Å². The van der Waals surface area contributed by atoms with Gasteiger partial charge in [0.15, 0.2) is 0 Å². The minimum atomic E-state index is -0.133. The number of carbonyl (C=O) groups excluding carboxylic acids is 1. The van der Waals surface area contributed by atoms with Gasteiger partial charge < -0.3 is 4.90 Å². The van der Waals surface area contributed by atoms with Crippen LogP contribution in [0.25, 0.3) is 0 Å². The lowest BCUT2D eigenvalue weighted by Crippen LogP contribution is -2.35. The van der Waals surface area contributed by atoms with E-state index in [4.69, 9.17) is 0 Å². The van der Waals surface area contributed by atoms with E-state index >= 15 is 0 Å². The molecule has 6 heteroatoms. The van der Waals surface area contributed by atoms with Gasteiger partial charge in [-0.2, -0.15) is 0 Å². The van der Waals surface area contributed by atoms with Gasteiger partial charge in [0.1, 0.15) is 6.04 Å². The fourth-order valence-electron chi connectivity index (χ4n) is 2.00. The largest absolute Gasteiger partial charge is 0.326 e. The molecule has 0 unspecified atom stereocenters. The summed E-state index contributed by atoms with van der Waals surface area (Å²) in [6.07, 6.45) is 0. The van der Waals surface area contributed by atoms with Gasteiger partial charge in [-0.1, -0.05) is 15.9 Å². The van der Waals surface area contributed by atoms with Crippen molar-refractivity contribution < 1.29 is 4.79 Å². The molecule has 1 fully saturated rings. The standard InChI is InChI=1S/C11H10BrN3O.ClH/c1-6-10(16)14-11-13-9-3-2-8(12)4-7(9)5-15(6)11;/h2-4,6H,5H2,1H3,(H,13,14,16);1H/t6-;/m0./s1. The molecule has 0 aliphatic carbocycles. The van der Waals surface area contributed by atoms with Crippen LogP contribution < -0.4 is 5.32 Å². The van der Waals surface area contributed by atoms with E-state index in [0.29, 0.717) is 5.96 Å². The number of nitrogens with zero attached hydrogens (tertiary/aromatic N) is 2. The molecule has 1 N–H and O–H groups in total. The zero-order valence-electron chi connectivity index (χ0n) is 9.11. The number of rotatable bonds is 0. The molecule has 0 aromatic heterocycles. The van der Waals surface area contributed by atoms with Gasteiger partial charge in [-0.25, -0.2) is 4.99 Å². The smallest absolute Gasteiger partial charge is 0.249 e. The van der Waals surface area contributed by atoms with Crippen LogP contribution in [-0.2, 0) is 11.3 Å². The van der Waals surface area contributed by atoms with E-state index in [1.54, 1.807) is 0 Å². The van der Waals surface area contributed by atoms with Crippen molar-refractivity contribution in [3.8, 4) is 0 Å². The Kier molecular flexibility index (Phi) is 3.14. The number of guanidine groups is 1. The Morgan fingerprint density at radius 1 is 1.53 bits per heavy atom. The Labute approximate surface area is 114 Å². The summed E-state index contributed by atoms with van der Waals surface area (Å²) in [5.41, 5.74) is 2.07. The van der Waals surface area contributed by atoms with Gasteiger partial charge in [-0.05, 0) is 30.7 Å². The van der Waals surface area contributed by atoms with Gasteiger partial charge in [-0.15, -0.1) is 12.4 Å². The molecule has 0 radical (unpaired) electrons. The number of carbonyl (C=O) groups is 1. The quantitative estimate of drug-likeness (QED) is 0.797. The Bertz CT molecular complexity index is 517. The van der Waals surface area contributed by atoms with Crippen molar-refractivity contribution in [1.29, 1.82) is 0 Å². The van der Waals surface area contributed by atoms with Crippen molar-refractivity contribution in [2.45, 2.75) is 19.5 Å². The zero-order chi connectivity index (χ0) is 11.3. The molecule has 1 amide bonds. The number of hydrogen-bond donors (Lipinski definition) is 1. The molecule has 4 nitrogen and oxygen atoms in total. The third-order valence-electron chi connectivity index (χ3n) is 2.96. The summed E-state index contributed by atoms with van der Waals surface area (Å²) in [7, 11) is 0. The molecule has 3 rings (SSSR count). The number of nitrogens with one attached hydrogen (secondary N) is 1. The molecule has 1 saturated heterocycles. The van der Waals surface area contributed by atoms with Crippen LogP contribution in [0.5, 0.6) is 0 Å². The Hall–Kier alpha value is -1.07. The minimum absolute atomic E-state index is 0. The van der Waals surface area contributed by atoms with E-state index in [1.165, 1.54) is 0 Å². The minimum Gasteiger partial charge on any atom is -0.326 e. The number of aliphatic imine (C=N–C) groups is 1. The molecule has 0 saturated carbocycles. The predicted octanol–water partition coefficient (Wildman–Crippen LogP) is 2.19. The van der Waals surface area contributed by atoms with Crippen molar-refractivity contribution in [2.24, 2.45) is 4.99 Å². The maximum Gasteiger partial charge on any atom is 0.249 e. The summed E-state index contributed by atoms with van der Waals surface area (Å²) < 4.78 is 1.04. The second kappa shape index (κ2) is 4.31. The second-order valence-corrected chi connectivity index (χ2v) is 4.92. The molecule has 1 aromatic rings. The maximum absolute atomic E-state index is 11.5. The number of halogens is 2. The van der Waals surface area contributed by atoms with Crippen molar-refractivity contribution in [1.82, 2.24) is 10.2 Å². The highest BCUT2D eigenvalue weighted by molar-refractivity contribution is 9.10. The summed E-state index contributed by atoms with van der Waals surface area (Å²) in [5, 5.41) is 2.79. The molecule has 90 valence electrons. The molecule has 17 heavy (non-hydrogen) atoms. The van der Waals surface area contributed by atoms with Crippen LogP contribution >= 0.6 is 28.3 Å². The summed E-state index contributed by atoms with van der Waals surface area (Å²) >= 11 is 3.44. The van der Waals surface area contributed by atoms with Crippen LogP contribution in [0.4, 0.5) is 5.69 Å². The highest BCUT2D eigenvalue weighted by Gasteiger charge is 2.35. The first-order chi connectivity index (χ1) is 7.65. The van der Waals surface area contributed by atoms with Crippen LogP contribution in [-0.4, -0.2) is 22.8 Å². The average Bonchev–Trinajstić information content (AvgIpc) is 2.52. The van der Waals surface area contributed by atoms with Gasteiger partial charge in [0.05, 0.1) is 5.69 Å². The van der Waals surface area contributed by atoms with Gasteiger partial charge >= 0.3 is 0 Å². The van der Waals surface area contributed by atoms with E-state index in [2.05, 4.69) is 26.2 Å². The third-order valence-corrected chi connectivity index (χ3v) is 3.46. The lowest BCUT2D eigenvalue weighted by molar-refractivity contribution is -0.121. The zero-order valence-corrected chi connectivity index (χ0v) is 11.5. The average molecular weight is 317 g/mol. The Morgan fingerprint density at radius 2 is 2.29 bits per heavy atom. The van der Waals surface area contributed by atoms with Crippen LogP contribution in [0.2, 0.25) is 0 Å². The number of amides is 1. The Balaban J connectivity index is 0.00000108. The normalized spacial score (nSPS) is 21.1. The van der Waals surface area contributed by atoms with Gasteiger partial charge in [0, 0.05) is 11.0 Å². The number of hydrogen-bond acceptors (Lipinski definition) is 3. The lowest BCUT2D eigenvalue weighted by Gasteiger charge is -2.26. The van der Waals surface area contributed by atoms with E-state index < -0.39 is 0 Å². The topological polar surface area (TPSA) is 44.7 Å². The molecule has 1 aromatic carbocycles. The Morgan fingerprint density at radius 3 is 3.06 bits per heavy atom. The molecule has 1 atom stereocenters. The predicted molar refractivity (Wildman–Crippen MR) is 71.6 cm³/mol. The second-order valence-electron chi connectivity index (χ2n) is 4.00. The van der Waals surface area contributed by atoms with E-state index in [1.807, 2.05) is 30.0 Å². The number of benzene rings is 1. The molecule has 2 heterocycles. The highest BCUT2D eigenvalue weighted by Crippen LogP contribution is 2.30.